The molecule has 0 aromatic carbocycles. The fourth-order valence-corrected chi connectivity index (χ4v) is 3.45. The van der Waals surface area contributed by atoms with Gasteiger partial charge in [0.05, 0.1) is 7.11 Å². The van der Waals surface area contributed by atoms with E-state index in [1.165, 1.54) is 7.11 Å². The first-order valence-electron chi connectivity index (χ1n) is 7.35. The van der Waals surface area contributed by atoms with E-state index in [1.54, 1.807) is 4.90 Å². The molecule has 1 aliphatic heterocycles. The van der Waals surface area contributed by atoms with Gasteiger partial charge in [0, 0.05) is 32.1 Å². The van der Waals surface area contributed by atoms with Gasteiger partial charge < -0.3 is 14.5 Å². The third kappa shape index (κ3) is 2.27. The van der Waals surface area contributed by atoms with Crippen LogP contribution in [0.1, 0.15) is 34.1 Å². The first-order valence-corrected chi connectivity index (χ1v) is 7.35. The van der Waals surface area contributed by atoms with Crippen LogP contribution in [-0.2, 0) is 9.53 Å². The largest absolute Gasteiger partial charge is 0.453 e. The lowest BCUT2D eigenvalue weighted by molar-refractivity contribution is -0.133. The van der Waals surface area contributed by atoms with Gasteiger partial charge >= 0.3 is 6.09 Å². The van der Waals surface area contributed by atoms with Crippen LogP contribution in [0.2, 0.25) is 0 Å². The number of carbonyl (C=O) groups is 2. The predicted molar refractivity (Wildman–Crippen MR) is 76.2 cm³/mol. The van der Waals surface area contributed by atoms with Gasteiger partial charge in [0.1, 0.15) is 0 Å². The number of rotatable bonds is 1. The molecule has 1 aliphatic carbocycles. The number of hydrogen-bond acceptors (Lipinski definition) is 3. The lowest BCUT2D eigenvalue weighted by atomic mass is 10.0. The Morgan fingerprint density at radius 3 is 1.95 bits per heavy atom. The molecule has 2 aliphatic rings. The first-order chi connectivity index (χ1) is 9.23. The smallest absolute Gasteiger partial charge is 0.409 e. The summed E-state index contributed by atoms with van der Waals surface area (Å²) in [5.41, 5.74) is 0.136. The van der Waals surface area contributed by atoms with Crippen molar-refractivity contribution in [1.29, 1.82) is 0 Å². The molecule has 2 rings (SSSR count). The highest BCUT2D eigenvalue weighted by molar-refractivity contribution is 5.84. The summed E-state index contributed by atoms with van der Waals surface area (Å²) in [6.45, 7) is 11.2. The minimum Gasteiger partial charge on any atom is -0.453 e. The lowest BCUT2D eigenvalue weighted by Crippen LogP contribution is -2.38. The van der Waals surface area contributed by atoms with E-state index in [9.17, 15) is 9.59 Å². The molecule has 5 heteroatoms. The quantitative estimate of drug-likeness (QED) is 0.739. The zero-order valence-corrected chi connectivity index (χ0v) is 13.2. The Morgan fingerprint density at radius 2 is 1.45 bits per heavy atom. The van der Waals surface area contributed by atoms with Gasteiger partial charge in [-0.15, -0.1) is 0 Å². The Hall–Kier alpha value is -1.26. The van der Waals surface area contributed by atoms with Crippen LogP contribution >= 0.6 is 0 Å². The van der Waals surface area contributed by atoms with Gasteiger partial charge in [-0.25, -0.2) is 4.79 Å². The highest BCUT2D eigenvalue weighted by atomic mass is 16.5. The highest BCUT2D eigenvalue weighted by Crippen LogP contribution is 2.68. The molecule has 0 atom stereocenters. The van der Waals surface area contributed by atoms with E-state index in [2.05, 4.69) is 27.7 Å². The third-order valence-electron chi connectivity index (χ3n) is 5.51. The Morgan fingerprint density at radius 1 is 0.950 bits per heavy atom. The molecule has 114 valence electrons. The SMILES string of the molecule is COC(=O)N1CCCN(C(=O)C2C(C)(C)C2(C)C)CC1. The van der Waals surface area contributed by atoms with Gasteiger partial charge in [0.15, 0.2) is 0 Å². The standard InChI is InChI=1S/C15H26N2O3/c1-14(2)11(15(14,3)4)12(18)16-7-6-8-17(10-9-16)13(19)20-5/h11H,6-10H2,1-5H3. The average molecular weight is 282 g/mol. The molecule has 0 unspecified atom stereocenters. The second kappa shape index (κ2) is 4.93. The van der Waals surface area contributed by atoms with Crippen molar-refractivity contribution in [3.8, 4) is 0 Å². The van der Waals surface area contributed by atoms with Crippen LogP contribution in [-0.4, -0.2) is 55.1 Å². The minimum absolute atomic E-state index is 0.0679. The van der Waals surface area contributed by atoms with Gasteiger partial charge in [-0.2, -0.15) is 0 Å². The maximum Gasteiger partial charge on any atom is 0.409 e. The van der Waals surface area contributed by atoms with E-state index in [-0.39, 0.29) is 28.7 Å². The molecule has 20 heavy (non-hydrogen) atoms. The molecule has 2 fully saturated rings. The number of methoxy groups -OCH3 is 1. The van der Waals surface area contributed by atoms with Crippen LogP contribution in [0.15, 0.2) is 0 Å². The predicted octanol–water partition coefficient (Wildman–Crippen LogP) is 1.97. The Balaban J connectivity index is 1.98. The summed E-state index contributed by atoms with van der Waals surface area (Å²) in [6.07, 6.45) is 0.514. The molecule has 0 aromatic rings. The second-order valence-corrected chi connectivity index (χ2v) is 7.01. The van der Waals surface area contributed by atoms with E-state index in [0.717, 1.165) is 13.0 Å². The van der Waals surface area contributed by atoms with Crippen molar-refractivity contribution in [3.63, 3.8) is 0 Å². The van der Waals surface area contributed by atoms with Crippen molar-refractivity contribution >= 4 is 12.0 Å². The molecule has 2 amide bonds. The van der Waals surface area contributed by atoms with Gasteiger partial charge in [-0.1, -0.05) is 27.7 Å². The molecule has 0 bridgehead atoms. The molecule has 0 aromatic heterocycles. The van der Waals surface area contributed by atoms with Gasteiger partial charge in [-0.05, 0) is 17.3 Å². The summed E-state index contributed by atoms with van der Waals surface area (Å²) >= 11 is 0. The zero-order chi connectivity index (χ0) is 15.1. The van der Waals surface area contributed by atoms with Gasteiger partial charge in [0.25, 0.3) is 0 Å². The molecule has 5 nitrogen and oxygen atoms in total. The molecular weight excluding hydrogens is 256 g/mol. The third-order valence-corrected chi connectivity index (χ3v) is 5.51. The van der Waals surface area contributed by atoms with Crippen LogP contribution in [0.3, 0.4) is 0 Å². The zero-order valence-electron chi connectivity index (χ0n) is 13.2. The normalized spacial score (nSPS) is 25.1. The van der Waals surface area contributed by atoms with Crippen LogP contribution in [0.4, 0.5) is 4.79 Å². The number of amides is 2. The maximum absolute atomic E-state index is 12.7. The van der Waals surface area contributed by atoms with Crippen LogP contribution < -0.4 is 0 Å². The van der Waals surface area contributed by atoms with Crippen molar-refractivity contribution in [3.05, 3.63) is 0 Å². The molecule has 1 heterocycles. The number of hydrogen-bond donors (Lipinski definition) is 0. The van der Waals surface area contributed by atoms with Gasteiger partial charge in [-0.3, -0.25) is 4.79 Å². The molecular formula is C15H26N2O3. The average Bonchev–Trinajstić information content (AvgIpc) is 2.92. The summed E-state index contributed by atoms with van der Waals surface area (Å²) < 4.78 is 4.75. The van der Waals surface area contributed by atoms with Gasteiger partial charge in [0.2, 0.25) is 5.91 Å². The van der Waals surface area contributed by atoms with Crippen molar-refractivity contribution in [2.24, 2.45) is 16.7 Å². The molecule has 0 spiro atoms. The summed E-state index contributed by atoms with van der Waals surface area (Å²) in [7, 11) is 1.39. The van der Waals surface area contributed by atoms with Crippen molar-refractivity contribution in [2.45, 2.75) is 34.1 Å². The van der Waals surface area contributed by atoms with Crippen molar-refractivity contribution in [1.82, 2.24) is 9.80 Å². The van der Waals surface area contributed by atoms with E-state index < -0.39 is 0 Å². The lowest BCUT2D eigenvalue weighted by Gasteiger charge is -2.22. The second-order valence-electron chi connectivity index (χ2n) is 7.01. The highest BCUT2D eigenvalue weighted by Gasteiger charge is 2.68. The number of carbonyl (C=O) groups excluding carboxylic acids is 2. The van der Waals surface area contributed by atoms with E-state index in [1.807, 2.05) is 4.90 Å². The fraction of sp³-hybridized carbons (Fsp3) is 0.867. The summed E-state index contributed by atoms with van der Waals surface area (Å²) in [6, 6.07) is 0. The summed E-state index contributed by atoms with van der Waals surface area (Å²) in [4.78, 5) is 27.8. The molecule has 0 N–H and O–H groups in total. The van der Waals surface area contributed by atoms with Crippen molar-refractivity contribution < 1.29 is 14.3 Å². The summed E-state index contributed by atoms with van der Waals surface area (Å²) in [5, 5.41) is 0. The van der Waals surface area contributed by atoms with Crippen LogP contribution in [0, 0.1) is 16.7 Å². The van der Waals surface area contributed by atoms with Crippen molar-refractivity contribution in [2.75, 3.05) is 33.3 Å². The van der Waals surface area contributed by atoms with E-state index >= 15 is 0 Å². The first kappa shape index (κ1) is 15.1. The maximum atomic E-state index is 12.7. The number of ether oxygens (including phenoxy) is 1. The van der Waals surface area contributed by atoms with Crippen LogP contribution in [0.25, 0.3) is 0 Å². The minimum atomic E-state index is -0.300. The Kier molecular flexibility index (Phi) is 3.73. The number of nitrogens with zero attached hydrogens (tertiary/aromatic N) is 2. The van der Waals surface area contributed by atoms with E-state index in [0.29, 0.717) is 19.6 Å². The molecule has 1 saturated heterocycles. The topological polar surface area (TPSA) is 49.9 Å². The van der Waals surface area contributed by atoms with Crippen LogP contribution in [0.5, 0.6) is 0 Å². The fourth-order valence-electron chi connectivity index (χ4n) is 3.45. The molecule has 1 saturated carbocycles. The Labute approximate surface area is 121 Å². The summed E-state index contributed by atoms with van der Waals surface area (Å²) in [5.74, 6) is 0.339. The molecule has 0 radical (unpaired) electrons. The Bertz CT molecular complexity index is 403. The monoisotopic (exact) mass is 282 g/mol. The van der Waals surface area contributed by atoms with E-state index in [4.69, 9.17) is 4.74 Å².